The minimum absolute atomic E-state index is 0. The smallest absolute Gasteiger partial charge is 0.00793 e. The summed E-state index contributed by atoms with van der Waals surface area (Å²) in [5, 5.41) is 0. The second kappa shape index (κ2) is 8.82. The lowest BCUT2D eigenvalue weighted by atomic mass is 12.0. The van der Waals surface area contributed by atoms with E-state index in [2.05, 4.69) is 12.5 Å². The second-order valence-electron chi connectivity index (χ2n) is 0.333. The predicted molar refractivity (Wildman–Crippen MR) is 32.1 cm³/mol. The Bertz CT molecular complexity index is 9.61. The van der Waals surface area contributed by atoms with Gasteiger partial charge in [-0.1, -0.05) is 21.6 Å². The van der Waals surface area contributed by atoms with Crippen LogP contribution in [0.3, 0.4) is 0 Å². The van der Waals surface area contributed by atoms with Crippen molar-refractivity contribution in [2.24, 2.45) is 0 Å². The van der Waals surface area contributed by atoms with Crippen molar-refractivity contribution in [1.82, 2.24) is 6.15 Å². The third-order valence-electron chi connectivity index (χ3n) is 0.167. The van der Waals surface area contributed by atoms with E-state index >= 15 is 0 Å². The van der Waals surface area contributed by atoms with E-state index in [1.165, 1.54) is 0 Å². The normalized spacial score (nSPS) is 6.00. The van der Waals surface area contributed by atoms with Crippen LogP contribution in [0.1, 0.15) is 0 Å². The average Bonchev–Trinajstić information content (AvgIpc) is 1.37. The molecule has 0 aromatic heterocycles. The first kappa shape index (κ1) is 9.18. The summed E-state index contributed by atoms with van der Waals surface area (Å²) in [4.78, 5) is 0. The molecule has 0 aliphatic carbocycles. The summed E-state index contributed by atoms with van der Waals surface area (Å²) < 4.78 is 0. The Labute approximate surface area is 40.9 Å². The van der Waals surface area contributed by atoms with Crippen LogP contribution in [0.2, 0.25) is 0 Å². The topological polar surface area (TPSA) is 35.0 Å². The maximum absolute atomic E-state index is 2.06. The summed E-state index contributed by atoms with van der Waals surface area (Å²) in [7, 11) is 3.55. The molecule has 0 atom stereocenters. The molecule has 0 aliphatic rings. The van der Waals surface area contributed by atoms with E-state index in [4.69, 9.17) is 0 Å². The first-order chi connectivity index (χ1) is 1.91. The molecule has 0 bridgehead atoms. The van der Waals surface area contributed by atoms with E-state index in [0.29, 0.717) is 0 Å². The van der Waals surface area contributed by atoms with E-state index in [0.717, 1.165) is 0 Å². The lowest BCUT2D eigenvalue weighted by Crippen LogP contribution is -1.28. The first-order valence-electron chi connectivity index (χ1n) is 0.983. The summed E-state index contributed by atoms with van der Waals surface area (Å²) in [5.41, 5.74) is 0. The first-order valence-corrected chi connectivity index (χ1v) is 3.95. The van der Waals surface area contributed by atoms with Gasteiger partial charge in [0.15, 0.2) is 0 Å². The Hall–Kier alpha value is 0.660. The van der Waals surface area contributed by atoms with Gasteiger partial charge in [0.25, 0.3) is 0 Å². The van der Waals surface area contributed by atoms with Gasteiger partial charge in [-0.3, -0.25) is 0 Å². The Kier molecular flexibility index (Phi) is 16.2. The molecule has 0 fully saturated rings. The fourth-order valence-corrected chi connectivity index (χ4v) is 0. The van der Waals surface area contributed by atoms with Gasteiger partial charge in [-0.25, -0.2) is 0 Å². The van der Waals surface area contributed by atoms with Crippen LogP contribution in [-0.2, 0) is 0 Å². The summed E-state index contributed by atoms with van der Waals surface area (Å²) in [6.45, 7) is 0. The lowest BCUT2D eigenvalue weighted by Gasteiger charge is -1.69. The van der Waals surface area contributed by atoms with Crippen molar-refractivity contribution in [1.29, 1.82) is 0 Å². The van der Waals surface area contributed by atoms with E-state index in [1.807, 2.05) is 0 Å². The number of hydrogen-bond acceptors (Lipinski definition) is 3. The summed E-state index contributed by atoms with van der Waals surface area (Å²) >= 11 is 0. The standard InChI is InChI=1S/C2H6S2.H3N/c1-3-4-2;/h1-2H3;1H3. The minimum atomic E-state index is 0. The van der Waals surface area contributed by atoms with Gasteiger partial charge in [0.05, 0.1) is 0 Å². The Morgan fingerprint density at radius 3 is 1.20 bits per heavy atom. The van der Waals surface area contributed by atoms with Crippen LogP contribution < -0.4 is 6.15 Å². The molecule has 0 saturated carbocycles. The van der Waals surface area contributed by atoms with Crippen molar-refractivity contribution in [3.8, 4) is 0 Å². The largest absolute Gasteiger partial charge is 0.344 e. The summed E-state index contributed by atoms with van der Waals surface area (Å²) in [6, 6.07) is 0. The Morgan fingerprint density at radius 2 is 1.20 bits per heavy atom. The maximum atomic E-state index is 2.06. The fourth-order valence-electron chi connectivity index (χ4n) is 0. The van der Waals surface area contributed by atoms with Crippen LogP contribution in [0.15, 0.2) is 0 Å². The Morgan fingerprint density at radius 1 is 1.00 bits per heavy atom. The molecular weight excluding hydrogens is 102 g/mol. The predicted octanol–water partition coefficient (Wildman–Crippen LogP) is 1.79. The van der Waals surface area contributed by atoms with Gasteiger partial charge in [-0.05, 0) is 12.5 Å². The van der Waals surface area contributed by atoms with Crippen LogP contribution in [0.25, 0.3) is 0 Å². The highest BCUT2D eigenvalue weighted by molar-refractivity contribution is 8.76. The zero-order valence-electron chi connectivity index (χ0n) is 3.52. The highest BCUT2D eigenvalue weighted by atomic mass is 33.1. The molecule has 3 N–H and O–H groups in total. The third-order valence-corrected chi connectivity index (χ3v) is 1.50. The number of rotatable bonds is 1. The molecule has 3 heteroatoms. The molecule has 0 spiro atoms. The monoisotopic (exact) mass is 111 g/mol. The van der Waals surface area contributed by atoms with E-state index in [1.54, 1.807) is 21.6 Å². The molecule has 0 unspecified atom stereocenters. The van der Waals surface area contributed by atoms with Crippen molar-refractivity contribution in [3.63, 3.8) is 0 Å². The van der Waals surface area contributed by atoms with Crippen molar-refractivity contribution in [2.45, 2.75) is 0 Å². The highest BCUT2D eigenvalue weighted by Gasteiger charge is 1.55. The molecule has 1 nitrogen and oxygen atoms in total. The molecule has 5 heavy (non-hydrogen) atoms. The molecule has 0 aliphatic heterocycles. The number of hydrogen-bond donors (Lipinski definition) is 1. The van der Waals surface area contributed by atoms with Crippen LogP contribution in [0.4, 0.5) is 0 Å². The molecule has 0 saturated heterocycles. The Balaban J connectivity index is 0. The van der Waals surface area contributed by atoms with Crippen molar-refractivity contribution < 1.29 is 0 Å². The molecule has 0 amide bonds. The maximum Gasteiger partial charge on any atom is -0.00793 e. The fraction of sp³-hybridized carbons (Fsp3) is 1.00. The molecule has 0 heterocycles. The molecule has 0 aromatic carbocycles. The molecule has 34 valence electrons. The highest BCUT2D eigenvalue weighted by Crippen LogP contribution is 2.09. The van der Waals surface area contributed by atoms with Gasteiger partial charge in [0.1, 0.15) is 0 Å². The van der Waals surface area contributed by atoms with Gasteiger partial charge in [-0.15, -0.1) is 0 Å². The quantitative estimate of drug-likeness (QED) is 0.524. The lowest BCUT2D eigenvalue weighted by molar-refractivity contribution is 2.13. The minimum Gasteiger partial charge on any atom is -0.344 e. The van der Waals surface area contributed by atoms with Crippen LogP contribution >= 0.6 is 21.6 Å². The second-order valence-corrected chi connectivity index (χ2v) is 3.00. The van der Waals surface area contributed by atoms with E-state index < -0.39 is 0 Å². The van der Waals surface area contributed by atoms with Gasteiger partial charge < -0.3 is 6.15 Å². The zero-order valence-corrected chi connectivity index (χ0v) is 5.16. The zero-order chi connectivity index (χ0) is 3.41. The molecule has 0 rings (SSSR count). The average molecular weight is 111 g/mol. The van der Waals surface area contributed by atoms with Crippen molar-refractivity contribution >= 4 is 21.6 Å². The van der Waals surface area contributed by atoms with Gasteiger partial charge >= 0.3 is 0 Å². The molecule has 0 aromatic rings. The van der Waals surface area contributed by atoms with Gasteiger partial charge in [0.2, 0.25) is 0 Å². The van der Waals surface area contributed by atoms with Gasteiger partial charge in [0, 0.05) is 0 Å². The van der Waals surface area contributed by atoms with Crippen LogP contribution in [0, 0.1) is 0 Å². The van der Waals surface area contributed by atoms with Gasteiger partial charge in [-0.2, -0.15) is 0 Å². The summed E-state index contributed by atoms with van der Waals surface area (Å²) in [5.74, 6) is 0. The third kappa shape index (κ3) is 12.0. The SMILES string of the molecule is CSSC.N. The van der Waals surface area contributed by atoms with Crippen molar-refractivity contribution in [3.05, 3.63) is 0 Å². The molecular formula is C2H9NS2. The van der Waals surface area contributed by atoms with Crippen LogP contribution in [0.5, 0.6) is 0 Å². The van der Waals surface area contributed by atoms with E-state index in [-0.39, 0.29) is 6.15 Å². The van der Waals surface area contributed by atoms with E-state index in [9.17, 15) is 0 Å². The molecule has 0 radical (unpaired) electrons. The van der Waals surface area contributed by atoms with Crippen molar-refractivity contribution in [2.75, 3.05) is 12.5 Å². The summed E-state index contributed by atoms with van der Waals surface area (Å²) in [6.07, 6.45) is 4.12. The van der Waals surface area contributed by atoms with Crippen LogP contribution in [-0.4, -0.2) is 12.5 Å².